The predicted octanol–water partition coefficient (Wildman–Crippen LogP) is 2.83. The lowest BCUT2D eigenvalue weighted by Gasteiger charge is -2.24. The second kappa shape index (κ2) is 3.66. The fraction of sp³-hybridized carbons (Fsp3) is 1.00. The van der Waals surface area contributed by atoms with Gasteiger partial charge in [0.1, 0.15) is 0 Å². The fourth-order valence-electron chi connectivity index (χ4n) is 1.49. The van der Waals surface area contributed by atoms with Gasteiger partial charge in [0.15, 0.2) is 0 Å². The van der Waals surface area contributed by atoms with Crippen LogP contribution < -0.4 is 0 Å². The van der Waals surface area contributed by atoms with Crippen LogP contribution in [0.5, 0.6) is 0 Å². The van der Waals surface area contributed by atoms with E-state index >= 15 is 0 Å². The quantitative estimate of drug-likeness (QED) is 0.374. The zero-order valence-electron chi connectivity index (χ0n) is 6.41. The Balaban J connectivity index is 2.30. The smallest absolute Gasteiger partial charge is 0.0964 e. The molecular weight excluding hydrogens is 142 g/mol. The summed E-state index contributed by atoms with van der Waals surface area (Å²) in [5.41, 5.74) is 0. The number of hydrogen-bond acceptors (Lipinski definition) is 0. The molecule has 1 aliphatic rings. The van der Waals surface area contributed by atoms with Gasteiger partial charge < -0.3 is 0 Å². The van der Waals surface area contributed by atoms with Gasteiger partial charge in [0.2, 0.25) is 0 Å². The molecule has 0 heterocycles. The first-order valence-electron chi connectivity index (χ1n) is 4.18. The Labute approximate surface area is 69.7 Å². The van der Waals surface area contributed by atoms with E-state index in [-0.39, 0.29) is 4.77 Å². The molecule has 10 heavy (non-hydrogen) atoms. The maximum Gasteiger partial charge on any atom is 0.0964 e. The van der Waals surface area contributed by atoms with Gasteiger partial charge in [-0.15, -0.1) is 11.6 Å². The van der Waals surface area contributed by atoms with E-state index in [4.69, 9.17) is 19.4 Å². The monoisotopic (exact) mass is 156 g/mol. The third-order valence-corrected chi connectivity index (χ3v) is 2.56. The van der Waals surface area contributed by atoms with E-state index in [0.29, 0.717) is 0 Å². The Kier molecular flexibility index (Phi) is 3.09. The average molecular weight is 156 g/mol. The summed E-state index contributed by atoms with van der Waals surface area (Å²) in [5, 5.41) is 0. The topological polar surface area (TPSA) is 0 Å². The Hall–Kier alpha value is 0.355. The fourth-order valence-corrected chi connectivity index (χ4v) is 1.76. The number of rotatable bonds is 0. The molecule has 0 N–H and O–H groups in total. The van der Waals surface area contributed by atoms with Gasteiger partial charge in [0.05, 0.1) is 7.85 Å². The Morgan fingerprint density at radius 3 is 1.80 bits per heavy atom. The van der Waals surface area contributed by atoms with E-state index in [0.717, 1.165) is 12.8 Å². The summed E-state index contributed by atoms with van der Waals surface area (Å²) in [6.45, 7) is 0. The molecule has 0 nitrogen and oxygen atoms in total. The maximum absolute atomic E-state index is 6.03. The molecule has 0 aromatic rings. The molecule has 0 saturated heterocycles. The Bertz CT molecular complexity index is 91.4. The maximum atomic E-state index is 6.03. The molecule has 0 aromatic carbocycles. The number of alkyl halides is 1. The summed E-state index contributed by atoms with van der Waals surface area (Å²) < 4.78 is -0.375. The molecule has 0 spiro atoms. The highest BCUT2D eigenvalue weighted by Crippen LogP contribution is 2.28. The van der Waals surface area contributed by atoms with Crippen molar-refractivity contribution < 1.29 is 0 Å². The van der Waals surface area contributed by atoms with Crippen LogP contribution in [0.1, 0.15) is 44.9 Å². The highest BCUT2D eigenvalue weighted by molar-refractivity contribution is 6.44. The first-order valence-corrected chi connectivity index (χ1v) is 4.56. The van der Waals surface area contributed by atoms with Crippen molar-refractivity contribution in [2.75, 3.05) is 0 Å². The van der Waals surface area contributed by atoms with Crippen molar-refractivity contribution in [3.05, 3.63) is 0 Å². The number of halogens is 1. The van der Waals surface area contributed by atoms with Gasteiger partial charge in [0, 0.05) is 4.77 Å². The molecule has 2 heteroatoms. The molecule has 0 aromatic heterocycles. The van der Waals surface area contributed by atoms with E-state index in [1.807, 2.05) is 0 Å². The van der Waals surface area contributed by atoms with Crippen LogP contribution in [-0.4, -0.2) is 12.6 Å². The third kappa shape index (κ3) is 2.96. The average Bonchev–Trinajstić information content (AvgIpc) is 1.81. The molecule has 0 amide bonds. The summed E-state index contributed by atoms with van der Waals surface area (Å²) in [6.07, 6.45) is 8.40. The van der Waals surface area contributed by atoms with Crippen molar-refractivity contribution in [3.8, 4) is 0 Å². The molecule has 0 bridgehead atoms. The van der Waals surface area contributed by atoms with E-state index < -0.39 is 0 Å². The van der Waals surface area contributed by atoms with E-state index in [1.54, 1.807) is 0 Å². The van der Waals surface area contributed by atoms with Crippen LogP contribution in [0.25, 0.3) is 0 Å². The van der Waals surface area contributed by atoms with Crippen molar-refractivity contribution in [3.63, 3.8) is 0 Å². The van der Waals surface area contributed by atoms with Crippen LogP contribution in [0, 0.1) is 0 Å². The van der Waals surface area contributed by atoms with E-state index in [2.05, 4.69) is 0 Å². The molecule has 1 rings (SSSR count). The standard InChI is InChI=1S/C8H14BCl/c9-8(10)6-4-2-1-3-5-7-8/h1-7H2. The highest BCUT2D eigenvalue weighted by atomic mass is 35.5. The van der Waals surface area contributed by atoms with Gasteiger partial charge in [-0.05, 0) is 12.8 Å². The van der Waals surface area contributed by atoms with Gasteiger partial charge >= 0.3 is 0 Å². The second-order valence-electron chi connectivity index (χ2n) is 3.30. The van der Waals surface area contributed by atoms with Crippen LogP contribution in [0.2, 0.25) is 0 Å². The minimum absolute atomic E-state index is 0.375. The van der Waals surface area contributed by atoms with Crippen LogP contribution in [0.3, 0.4) is 0 Å². The Morgan fingerprint density at radius 1 is 0.900 bits per heavy atom. The largest absolute Gasteiger partial charge is 0.130 e. The Morgan fingerprint density at radius 2 is 1.30 bits per heavy atom. The van der Waals surface area contributed by atoms with Crippen molar-refractivity contribution in [1.29, 1.82) is 0 Å². The van der Waals surface area contributed by atoms with Gasteiger partial charge in [-0.25, -0.2) is 0 Å². The van der Waals surface area contributed by atoms with Gasteiger partial charge in [-0.3, -0.25) is 0 Å². The van der Waals surface area contributed by atoms with Crippen molar-refractivity contribution in [2.24, 2.45) is 0 Å². The van der Waals surface area contributed by atoms with Crippen LogP contribution in [0.4, 0.5) is 0 Å². The lowest BCUT2D eigenvalue weighted by atomic mass is 9.76. The van der Waals surface area contributed by atoms with Gasteiger partial charge in [-0.1, -0.05) is 32.1 Å². The SMILES string of the molecule is [B]C1(Cl)CCCCCCC1. The molecule has 0 atom stereocenters. The molecule has 1 aliphatic carbocycles. The minimum atomic E-state index is -0.375. The normalized spacial score (nSPS) is 26.9. The molecule has 2 radical (unpaired) electrons. The van der Waals surface area contributed by atoms with E-state index in [1.165, 1.54) is 32.1 Å². The van der Waals surface area contributed by atoms with Gasteiger partial charge in [0.25, 0.3) is 0 Å². The third-order valence-electron chi connectivity index (χ3n) is 2.18. The zero-order valence-corrected chi connectivity index (χ0v) is 7.16. The lowest BCUT2D eigenvalue weighted by Crippen LogP contribution is -2.22. The molecule has 0 unspecified atom stereocenters. The summed E-state index contributed by atoms with van der Waals surface area (Å²) in [4.78, 5) is 0. The molecular formula is C8H14BCl. The molecule has 1 saturated carbocycles. The first-order chi connectivity index (χ1) is 4.71. The van der Waals surface area contributed by atoms with E-state index in [9.17, 15) is 0 Å². The summed E-state index contributed by atoms with van der Waals surface area (Å²) in [6, 6.07) is 0. The first kappa shape index (κ1) is 8.45. The van der Waals surface area contributed by atoms with Gasteiger partial charge in [-0.2, -0.15) is 0 Å². The second-order valence-corrected chi connectivity index (χ2v) is 4.06. The van der Waals surface area contributed by atoms with Crippen LogP contribution >= 0.6 is 11.6 Å². The minimum Gasteiger partial charge on any atom is -0.130 e. The number of hydrogen-bond donors (Lipinski definition) is 0. The van der Waals surface area contributed by atoms with Crippen molar-refractivity contribution >= 4 is 19.4 Å². The van der Waals surface area contributed by atoms with Crippen molar-refractivity contribution in [2.45, 2.75) is 49.7 Å². The molecule has 0 aliphatic heterocycles. The zero-order chi connectivity index (χ0) is 7.45. The summed E-state index contributed by atoms with van der Waals surface area (Å²) in [5.74, 6) is 0. The predicted molar refractivity (Wildman–Crippen MR) is 46.7 cm³/mol. The summed E-state index contributed by atoms with van der Waals surface area (Å²) in [7, 11) is 5.81. The highest BCUT2D eigenvalue weighted by Gasteiger charge is 2.20. The van der Waals surface area contributed by atoms with Crippen molar-refractivity contribution in [1.82, 2.24) is 0 Å². The molecule has 56 valence electrons. The lowest BCUT2D eigenvalue weighted by molar-refractivity contribution is 0.484. The van der Waals surface area contributed by atoms with Crippen LogP contribution in [-0.2, 0) is 0 Å². The van der Waals surface area contributed by atoms with Crippen LogP contribution in [0.15, 0.2) is 0 Å². The molecule has 1 fully saturated rings. The summed E-state index contributed by atoms with van der Waals surface area (Å²) >= 11 is 6.03.